The van der Waals surface area contributed by atoms with Gasteiger partial charge >= 0.3 is 5.97 Å². The third-order valence-electron chi connectivity index (χ3n) is 2.81. The van der Waals surface area contributed by atoms with Crippen molar-refractivity contribution in [2.75, 3.05) is 7.11 Å². The standard InChI is InChI=1S/C12H21N3O2/c1-5-9(3)14-11(12(16)17-4)10-7-13-15(6-2)8-10/h7-9,11,14H,5-6H2,1-4H3. The Balaban J connectivity index is 2.85. The van der Waals surface area contributed by atoms with E-state index in [0.29, 0.717) is 0 Å². The molecule has 0 fully saturated rings. The fourth-order valence-corrected chi connectivity index (χ4v) is 1.52. The van der Waals surface area contributed by atoms with Gasteiger partial charge in [-0.2, -0.15) is 5.10 Å². The Labute approximate surface area is 102 Å². The van der Waals surface area contributed by atoms with E-state index >= 15 is 0 Å². The Morgan fingerprint density at radius 1 is 1.59 bits per heavy atom. The van der Waals surface area contributed by atoms with E-state index in [9.17, 15) is 4.79 Å². The minimum absolute atomic E-state index is 0.254. The van der Waals surface area contributed by atoms with Crippen LogP contribution in [0.15, 0.2) is 12.4 Å². The predicted octanol–water partition coefficient (Wildman–Crippen LogP) is 1.51. The van der Waals surface area contributed by atoms with Crippen molar-refractivity contribution in [3.05, 3.63) is 18.0 Å². The molecule has 0 aliphatic rings. The van der Waals surface area contributed by atoms with Crippen molar-refractivity contribution < 1.29 is 9.53 Å². The summed E-state index contributed by atoms with van der Waals surface area (Å²) in [4.78, 5) is 11.7. The maximum Gasteiger partial charge on any atom is 0.327 e. The minimum Gasteiger partial charge on any atom is -0.468 e. The van der Waals surface area contributed by atoms with Crippen LogP contribution in [0.3, 0.4) is 0 Å². The highest BCUT2D eigenvalue weighted by molar-refractivity contribution is 5.77. The van der Waals surface area contributed by atoms with Gasteiger partial charge in [0.05, 0.1) is 13.3 Å². The number of rotatable bonds is 6. The second-order valence-electron chi connectivity index (χ2n) is 4.06. The Morgan fingerprint density at radius 3 is 2.76 bits per heavy atom. The normalized spacial score (nSPS) is 14.4. The average molecular weight is 239 g/mol. The molecule has 0 spiro atoms. The lowest BCUT2D eigenvalue weighted by atomic mass is 10.1. The first-order chi connectivity index (χ1) is 8.12. The van der Waals surface area contributed by atoms with Gasteiger partial charge in [0, 0.05) is 24.3 Å². The van der Waals surface area contributed by atoms with Crippen molar-refractivity contribution >= 4 is 5.97 Å². The molecule has 0 aliphatic carbocycles. The molecule has 0 amide bonds. The molecule has 0 radical (unpaired) electrons. The molecule has 1 aromatic heterocycles. The molecular formula is C12H21N3O2. The molecule has 1 rings (SSSR count). The van der Waals surface area contributed by atoms with Gasteiger partial charge in [0.25, 0.3) is 0 Å². The second-order valence-corrected chi connectivity index (χ2v) is 4.06. The van der Waals surface area contributed by atoms with Crippen molar-refractivity contribution in [1.82, 2.24) is 15.1 Å². The number of ether oxygens (including phenoxy) is 1. The number of methoxy groups -OCH3 is 1. The zero-order chi connectivity index (χ0) is 12.8. The molecule has 1 heterocycles. The number of aromatic nitrogens is 2. The van der Waals surface area contributed by atoms with E-state index in [1.54, 1.807) is 10.9 Å². The Bertz CT molecular complexity index is 362. The lowest BCUT2D eigenvalue weighted by Gasteiger charge is -2.19. The van der Waals surface area contributed by atoms with Gasteiger partial charge in [0.15, 0.2) is 0 Å². The van der Waals surface area contributed by atoms with Gasteiger partial charge in [0.2, 0.25) is 0 Å². The fraction of sp³-hybridized carbons (Fsp3) is 0.667. The van der Waals surface area contributed by atoms with Gasteiger partial charge in [-0.1, -0.05) is 6.92 Å². The zero-order valence-electron chi connectivity index (χ0n) is 10.9. The molecule has 17 heavy (non-hydrogen) atoms. The van der Waals surface area contributed by atoms with Crippen LogP contribution in [0.4, 0.5) is 0 Å². The third-order valence-corrected chi connectivity index (χ3v) is 2.81. The number of hydrogen-bond acceptors (Lipinski definition) is 4. The molecule has 1 N–H and O–H groups in total. The highest BCUT2D eigenvalue weighted by atomic mass is 16.5. The molecule has 2 atom stereocenters. The summed E-state index contributed by atoms with van der Waals surface area (Å²) in [5.41, 5.74) is 0.846. The van der Waals surface area contributed by atoms with E-state index in [1.165, 1.54) is 7.11 Å². The van der Waals surface area contributed by atoms with E-state index in [4.69, 9.17) is 4.74 Å². The Hall–Kier alpha value is -1.36. The summed E-state index contributed by atoms with van der Waals surface area (Å²) < 4.78 is 6.61. The zero-order valence-corrected chi connectivity index (χ0v) is 10.9. The monoisotopic (exact) mass is 239 g/mol. The summed E-state index contributed by atoms with van der Waals surface area (Å²) in [7, 11) is 1.40. The van der Waals surface area contributed by atoms with Crippen LogP contribution < -0.4 is 5.32 Å². The highest BCUT2D eigenvalue weighted by Gasteiger charge is 2.23. The summed E-state index contributed by atoms with van der Waals surface area (Å²) in [5.74, 6) is -0.277. The van der Waals surface area contributed by atoms with E-state index in [1.807, 2.05) is 20.0 Å². The number of nitrogens with one attached hydrogen (secondary N) is 1. The second kappa shape index (κ2) is 6.39. The molecule has 0 aliphatic heterocycles. The molecule has 0 saturated heterocycles. The van der Waals surface area contributed by atoms with Crippen LogP contribution in [0.25, 0.3) is 0 Å². The molecule has 5 nitrogen and oxygen atoms in total. The van der Waals surface area contributed by atoms with Crippen molar-refractivity contribution in [2.24, 2.45) is 0 Å². The smallest absolute Gasteiger partial charge is 0.327 e. The van der Waals surface area contributed by atoms with Crippen LogP contribution in [0.5, 0.6) is 0 Å². The Kier molecular flexibility index (Phi) is 5.15. The van der Waals surface area contributed by atoms with Gasteiger partial charge in [-0.3, -0.25) is 10.00 Å². The molecule has 0 saturated carbocycles. The van der Waals surface area contributed by atoms with Gasteiger partial charge in [-0.15, -0.1) is 0 Å². The largest absolute Gasteiger partial charge is 0.468 e. The average Bonchev–Trinajstić information content (AvgIpc) is 2.83. The Morgan fingerprint density at radius 2 is 2.29 bits per heavy atom. The van der Waals surface area contributed by atoms with Crippen LogP contribution >= 0.6 is 0 Å². The van der Waals surface area contributed by atoms with Gasteiger partial charge < -0.3 is 4.74 Å². The number of aryl methyl sites for hydroxylation is 1. The van der Waals surface area contributed by atoms with E-state index < -0.39 is 6.04 Å². The summed E-state index contributed by atoms with van der Waals surface area (Å²) >= 11 is 0. The quantitative estimate of drug-likeness (QED) is 0.764. The third kappa shape index (κ3) is 3.56. The van der Waals surface area contributed by atoms with E-state index in [2.05, 4.69) is 17.3 Å². The summed E-state index contributed by atoms with van der Waals surface area (Å²) in [6, 6.07) is -0.181. The number of carbonyl (C=O) groups excluding carboxylic acids is 1. The molecule has 0 bridgehead atoms. The van der Waals surface area contributed by atoms with Crippen LogP contribution in [0.1, 0.15) is 38.8 Å². The first-order valence-corrected chi connectivity index (χ1v) is 5.98. The number of esters is 1. The van der Waals surface area contributed by atoms with Gasteiger partial charge in [0.1, 0.15) is 6.04 Å². The SMILES string of the molecule is CCC(C)NC(C(=O)OC)c1cnn(CC)c1. The summed E-state index contributed by atoms with van der Waals surface area (Å²) in [6.45, 7) is 6.91. The van der Waals surface area contributed by atoms with Crippen molar-refractivity contribution in [2.45, 2.75) is 45.8 Å². The van der Waals surface area contributed by atoms with E-state index in [-0.39, 0.29) is 12.0 Å². The molecule has 96 valence electrons. The van der Waals surface area contributed by atoms with E-state index in [0.717, 1.165) is 18.5 Å². The molecular weight excluding hydrogens is 218 g/mol. The number of nitrogens with zero attached hydrogens (tertiary/aromatic N) is 2. The molecule has 1 aromatic rings. The molecule has 2 unspecified atom stereocenters. The lowest BCUT2D eigenvalue weighted by Crippen LogP contribution is -2.35. The number of carbonyl (C=O) groups is 1. The topological polar surface area (TPSA) is 56.1 Å². The fourth-order valence-electron chi connectivity index (χ4n) is 1.52. The van der Waals surface area contributed by atoms with Crippen LogP contribution in [0, 0.1) is 0 Å². The van der Waals surface area contributed by atoms with Crippen LogP contribution in [0.2, 0.25) is 0 Å². The van der Waals surface area contributed by atoms with Gasteiger partial charge in [-0.25, -0.2) is 4.79 Å². The maximum absolute atomic E-state index is 11.7. The predicted molar refractivity (Wildman–Crippen MR) is 65.5 cm³/mol. The van der Waals surface area contributed by atoms with Crippen LogP contribution in [-0.4, -0.2) is 28.9 Å². The van der Waals surface area contributed by atoms with Crippen molar-refractivity contribution in [1.29, 1.82) is 0 Å². The molecule has 5 heteroatoms. The van der Waals surface area contributed by atoms with Crippen molar-refractivity contribution in [3.8, 4) is 0 Å². The first kappa shape index (κ1) is 13.7. The molecule has 0 aromatic carbocycles. The highest BCUT2D eigenvalue weighted by Crippen LogP contribution is 2.15. The number of hydrogen-bond donors (Lipinski definition) is 1. The van der Waals surface area contributed by atoms with Crippen LogP contribution in [-0.2, 0) is 16.1 Å². The summed E-state index contributed by atoms with van der Waals surface area (Å²) in [6.07, 6.45) is 4.53. The minimum atomic E-state index is -0.435. The first-order valence-electron chi connectivity index (χ1n) is 5.98. The lowest BCUT2D eigenvalue weighted by molar-refractivity contribution is -0.143. The van der Waals surface area contributed by atoms with Gasteiger partial charge in [-0.05, 0) is 20.3 Å². The summed E-state index contributed by atoms with van der Waals surface area (Å²) in [5, 5.41) is 7.42. The van der Waals surface area contributed by atoms with Crippen molar-refractivity contribution in [3.63, 3.8) is 0 Å². The maximum atomic E-state index is 11.7.